The van der Waals surface area contributed by atoms with E-state index in [-0.39, 0.29) is 5.91 Å². The number of amides is 1. The Morgan fingerprint density at radius 3 is 2.29 bits per heavy atom. The molecule has 1 aromatic heterocycles. The zero-order valence-electron chi connectivity index (χ0n) is 17.6. The number of thiazole rings is 1. The number of hydrogen-bond acceptors (Lipinski definition) is 5. The second-order valence-corrected chi connectivity index (χ2v) is 11.3. The predicted octanol–water partition coefficient (Wildman–Crippen LogP) is 3.65. The van der Waals surface area contributed by atoms with Crippen LogP contribution in [0.25, 0.3) is 10.6 Å². The van der Waals surface area contributed by atoms with E-state index in [1.807, 2.05) is 25.1 Å². The molecule has 10 heteroatoms. The SMILES string of the molecule is Cc1nc(-c2cccc(Cl)c2)sc1C(=O)N1CCN(S(=O)(=O)N2CCCCCC2)CC1. The molecule has 0 aliphatic carbocycles. The van der Waals surface area contributed by atoms with Crippen molar-refractivity contribution in [3.05, 3.63) is 39.9 Å². The van der Waals surface area contributed by atoms with Crippen molar-refractivity contribution < 1.29 is 13.2 Å². The van der Waals surface area contributed by atoms with E-state index in [1.54, 1.807) is 15.3 Å². The third-order valence-electron chi connectivity index (χ3n) is 5.81. The van der Waals surface area contributed by atoms with Gasteiger partial charge >= 0.3 is 0 Å². The molecule has 2 aliphatic rings. The number of aryl methyl sites for hydroxylation is 1. The molecule has 31 heavy (non-hydrogen) atoms. The molecule has 1 aromatic carbocycles. The zero-order chi connectivity index (χ0) is 22.0. The van der Waals surface area contributed by atoms with Gasteiger partial charge in [0.15, 0.2) is 0 Å². The highest BCUT2D eigenvalue weighted by molar-refractivity contribution is 7.86. The molecule has 168 valence electrons. The fraction of sp³-hybridized carbons (Fsp3) is 0.524. The Labute approximate surface area is 192 Å². The standard InChI is InChI=1S/C21H27ClN4O3S2/c1-16-19(30-20(23-16)17-7-6-8-18(22)15-17)21(27)24-11-13-26(14-12-24)31(28,29)25-9-4-2-3-5-10-25/h6-8,15H,2-5,9-14H2,1H3. The van der Waals surface area contributed by atoms with Crippen molar-refractivity contribution >= 4 is 39.1 Å². The van der Waals surface area contributed by atoms with Crippen molar-refractivity contribution in [3.8, 4) is 10.6 Å². The number of nitrogens with zero attached hydrogens (tertiary/aromatic N) is 4. The van der Waals surface area contributed by atoms with Crippen LogP contribution in [0.4, 0.5) is 0 Å². The molecule has 2 fully saturated rings. The van der Waals surface area contributed by atoms with Crippen molar-refractivity contribution in [2.24, 2.45) is 0 Å². The Balaban J connectivity index is 1.43. The maximum absolute atomic E-state index is 13.1. The molecular formula is C21H27ClN4O3S2. The van der Waals surface area contributed by atoms with E-state index in [1.165, 1.54) is 15.6 Å². The van der Waals surface area contributed by atoms with E-state index < -0.39 is 10.2 Å². The Kier molecular flexibility index (Phi) is 6.98. The fourth-order valence-corrected chi connectivity index (χ4v) is 6.93. The summed E-state index contributed by atoms with van der Waals surface area (Å²) in [5.41, 5.74) is 1.57. The van der Waals surface area contributed by atoms with Crippen LogP contribution in [0.1, 0.15) is 41.0 Å². The summed E-state index contributed by atoms with van der Waals surface area (Å²) in [6.07, 6.45) is 3.99. The molecule has 0 N–H and O–H groups in total. The van der Waals surface area contributed by atoms with Gasteiger partial charge in [0.2, 0.25) is 0 Å². The lowest BCUT2D eigenvalue weighted by molar-refractivity contribution is 0.0698. The second-order valence-electron chi connectivity index (χ2n) is 7.96. The summed E-state index contributed by atoms with van der Waals surface area (Å²) in [7, 11) is -3.46. The number of carbonyl (C=O) groups excluding carboxylic acids is 1. The van der Waals surface area contributed by atoms with Gasteiger partial charge < -0.3 is 4.90 Å². The molecule has 0 atom stereocenters. The first-order valence-electron chi connectivity index (χ1n) is 10.6. The molecular weight excluding hydrogens is 456 g/mol. The Morgan fingerprint density at radius 1 is 1.00 bits per heavy atom. The van der Waals surface area contributed by atoms with Gasteiger partial charge in [0.05, 0.1) is 5.69 Å². The normalized spacial score (nSPS) is 19.4. The summed E-state index contributed by atoms with van der Waals surface area (Å²) >= 11 is 7.44. The summed E-state index contributed by atoms with van der Waals surface area (Å²) in [5.74, 6) is -0.0879. The number of halogens is 1. The minimum atomic E-state index is -3.46. The van der Waals surface area contributed by atoms with Crippen molar-refractivity contribution in [2.45, 2.75) is 32.6 Å². The molecule has 0 unspecified atom stereocenters. The highest BCUT2D eigenvalue weighted by Crippen LogP contribution is 2.30. The minimum Gasteiger partial charge on any atom is -0.335 e. The van der Waals surface area contributed by atoms with Crippen LogP contribution < -0.4 is 0 Å². The molecule has 0 bridgehead atoms. The van der Waals surface area contributed by atoms with E-state index in [0.29, 0.717) is 54.9 Å². The summed E-state index contributed by atoms with van der Waals surface area (Å²) < 4.78 is 29.2. The van der Waals surface area contributed by atoms with Crippen LogP contribution in [0, 0.1) is 6.92 Å². The molecule has 2 saturated heterocycles. The summed E-state index contributed by atoms with van der Waals surface area (Å²) in [6, 6.07) is 7.42. The molecule has 3 heterocycles. The smallest absolute Gasteiger partial charge is 0.282 e. The molecule has 1 amide bonds. The molecule has 2 aromatic rings. The lowest BCUT2D eigenvalue weighted by atomic mass is 10.2. The quantitative estimate of drug-likeness (QED) is 0.666. The van der Waals surface area contributed by atoms with E-state index in [2.05, 4.69) is 4.98 Å². The van der Waals surface area contributed by atoms with Crippen molar-refractivity contribution in [1.29, 1.82) is 0 Å². The highest BCUT2D eigenvalue weighted by Gasteiger charge is 2.34. The zero-order valence-corrected chi connectivity index (χ0v) is 20.0. The summed E-state index contributed by atoms with van der Waals surface area (Å²) in [4.78, 5) is 20.0. The molecule has 0 saturated carbocycles. The van der Waals surface area contributed by atoms with Crippen LogP contribution in [0.15, 0.2) is 24.3 Å². The van der Waals surface area contributed by atoms with Gasteiger partial charge in [-0.05, 0) is 31.9 Å². The van der Waals surface area contributed by atoms with Crippen LogP contribution >= 0.6 is 22.9 Å². The molecule has 7 nitrogen and oxygen atoms in total. The van der Waals surface area contributed by atoms with E-state index in [9.17, 15) is 13.2 Å². The average molecular weight is 483 g/mol. The van der Waals surface area contributed by atoms with E-state index in [4.69, 9.17) is 11.6 Å². The Bertz CT molecular complexity index is 1040. The van der Waals surface area contributed by atoms with Gasteiger partial charge in [-0.25, -0.2) is 4.98 Å². The molecule has 2 aliphatic heterocycles. The number of aromatic nitrogens is 1. The number of benzene rings is 1. The molecule has 0 spiro atoms. The molecule has 4 rings (SSSR count). The summed E-state index contributed by atoms with van der Waals surface area (Å²) in [6.45, 7) is 4.43. The third kappa shape index (κ3) is 4.96. The van der Waals surface area contributed by atoms with Gasteiger partial charge in [-0.15, -0.1) is 11.3 Å². The van der Waals surface area contributed by atoms with Crippen LogP contribution in [0.2, 0.25) is 5.02 Å². The van der Waals surface area contributed by atoms with Gasteiger partial charge in [-0.3, -0.25) is 4.79 Å². The van der Waals surface area contributed by atoms with E-state index >= 15 is 0 Å². The largest absolute Gasteiger partial charge is 0.335 e. The lowest BCUT2D eigenvalue weighted by Crippen LogP contribution is -2.54. The van der Waals surface area contributed by atoms with Gasteiger partial charge in [0, 0.05) is 49.9 Å². The topological polar surface area (TPSA) is 73.8 Å². The minimum absolute atomic E-state index is 0.0879. The van der Waals surface area contributed by atoms with Crippen LogP contribution in [0.5, 0.6) is 0 Å². The predicted molar refractivity (Wildman–Crippen MR) is 124 cm³/mol. The lowest BCUT2D eigenvalue weighted by Gasteiger charge is -2.36. The van der Waals surface area contributed by atoms with Crippen molar-refractivity contribution in [2.75, 3.05) is 39.3 Å². The third-order valence-corrected chi connectivity index (χ3v) is 9.27. The number of carbonyl (C=O) groups is 1. The first-order chi connectivity index (χ1) is 14.9. The Morgan fingerprint density at radius 2 is 1.65 bits per heavy atom. The number of rotatable bonds is 4. The van der Waals surface area contributed by atoms with Gasteiger partial charge in [-0.1, -0.05) is 36.6 Å². The molecule has 0 radical (unpaired) electrons. The second kappa shape index (κ2) is 9.54. The number of hydrogen-bond donors (Lipinski definition) is 0. The monoisotopic (exact) mass is 482 g/mol. The first kappa shape index (κ1) is 22.7. The number of piperazine rings is 1. The van der Waals surface area contributed by atoms with Crippen LogP contribution in [0.3, 0.4) is 0 Å². The maximum atomic E-state index is 13.1. The highest BCUT2D eigenvalue weighted by atomic mass is 35.5. The van der Waals surface area contributed by atoms with Gasteiger partial charge in [0.25, 0.3) is 16.1 Å². The van der Waals surface area contributed by atoms with Crippen LogP contribution in [-0.2, 0) is 10.2 Å². The summed E-state index contributed by atoms with van der Waals surface area (Å²) in [5, 5.41) is 1.38. The fourth-order valence-electron chi connectivity index (χ4n) is 4.04. The van der Waals surface area contributed by atoms with Crippen LogP contribution in [-0.4, -0.2) is 72.1 Å². The van der Waals surface area contributed by atoms with Crippen molar-refractivity contribution in [3.63, 3.8) is 0 Å². The van der Waals surface area contributed by atoms with E-state index in [0.717, 1.165) is 36.3 Å². The first-order valence-corrected chi connectivity index (χ1v) is 13.2. The maximum Gasteiger partial charge on any atom is 0.282 e. The van der Waals surface area contributed by atoms with Gasteiger partial charge in [-0.2, -0.15) is 17.0 Å². The Hall–Kier alpha value is -1.52. The average Bonchev–Trinajstić information content (AvgIpc) is 2.96. The van der Waals surface area contributed by atoms with Gasteiger partial charge in [0.1, 0.15) is 9.88 Å². The van der Waals surface area contributed by atoms with Crippen molar-refractivity contribution in [1.82, 2.24) is 18.5 Å².